The number of methoxy groups -OCH3 is 1. The summed E-state index contributed by atoms with van der Waals surface area (Å²) in [7, 11) is 1.59. The predicted octanol–water partition coefficient (Wildman–Crippen LogP) is 5.12. The highest BCUT2D eigenvalue weighted by atomic mass is 19.1. The van der Waals surface area contributed by atoms with Gasteiger partial charge in [0.2, 0.25) is 6.29 Å². The lowest BCUT2D eigenvalue weighted by atomic mass is 10.1. The summed E-state index contributed by atoms with van der Waals surface area (Å²) in [6.45, 7) is 0.133. The van der Waals surface area contributed by atoms with Crippen LogP contribution in [0.1, 0.15) is 35.0 Å². The average molecular weight is 422 g/mol. The van der Waals surface area contributed by atoms with Crippen molar-refractivity contribution < 1.29 is 28.1 Å². The molecule has 31 heavy (non-hydrogen) atoms. The van der Waals surface area contributed by atoms with E-state index in [0.717, 1.165) is 16.9 Å². The summed E-state index contributed by atoms with van der Waals surface area (Å²) in [5.74, 6) is 0.425. The van der Waals surface area contributed by atoms with Crippen LogP contribution in [-0.4, -0.2) is 13.1 Å². The van der Waals surface area contributed by atoms with Crippen LogP contribution in [0, 0.1) is 5.82 Å². The van der Waals surface area contributed by atoms with Gasteiger partial charge in [0.1, 0.15) is 23.9 Å². The molecule has 0 radical (unpaired) electrons. The monoisotopic (exact) mass is 422 g/mol. The number of hydrogen-bond donors (Lipinski definition) is 0. The van der Waals surface area contributed by atoms with Crippen molar-refractivity contribution in [2.24, 2.45) is 0 Å². The van der Waals surface area contributed by atoms with Crippen LogP contribution in [0.3, 0.4) is 0 Å². The molecule has 5 nitrogen and oxygen atoms in total. The highest BCUT2D eigenvalue weighted by Gasteiger charge is 2.25. The molecule has 0 unspecified atom stereocenters. The van der Waals surface area contributed by atoms with Crippen LogP contribution in [-0.2, 0) is 33.9 Å². The molecule has 0 aromatic heterocycles. The Morgan fingerprint density at radius 2 is 1.84 bits per heavy atom. The SMILES string of the molecule is COc1ccccc1CCC(=O)OCc1cc(F)cc2c1O[C@H](c1ccccc1)OC2. The molecule has 4 rings (SSSR count). The van der Waals surface area contributed by atoms with E-state index in [9.17, 15) is 9.18 Å². The minimum atomic E-state index is -0.598. The van der Waals surface area contributed by atoms with Gasteiger partial charge in [-0.15, -0.1) is 0 Å². The van der Waals surface area contributed by atoms with Crippen LogP contribution in [0.5, 0.6) is 11.5 Å². The van der Waals surface area contributed by atoms with Gasteiger partial charge >= 0.3 is 5.97 Å². The zero-order valence-corrected chi connectivity index (χ0v) is 17.2. The smallest absolute Gasteiger partial charge is 0.306 e. The first kappa shape index (κ1) is 20.9. The number of benzene rings is 3. The second-order valence-corrected chi connectivity index (χ2v) is 7.20. The molecule has 0 N–H and O–H groups in total. The standard InChI is InChI=1S/C25H23FO5/c1-28-22-10-6-5-7-17(22)11-12-23(27)29-15-19-13-21(26)14-20-16-30-25(31-24(19)20)18-8-3-2-4-9-18/h2-10,13-14,25H,11-12,15-16H2,1H3/t25-/m1/s1. The molecule has 0 saturated carbocycles. The number of ether oxygens (including phenoxy) is 4. The fourth-order valence-electron chi connectivity index (χ4n) is 3.54. The predicted molar refractivity (Wildman–Crippen MR) is 112 cm³/mol. The van der Waals surface area contributed by atoms with Gasteiger partial charge in [-0.3, -0.25) is 4.79 Å². The molecule has 0 spiro atoms. The molecule has 0 amide bonds. The minimum Gasteiger partial charge on any atom is -0.496 e. The first-order valence-corrected chi connectivity index (χ1v) is 10.1. The van der Waals surface area contributed by atoms with Crippen molar-refractivity contribution in [1.29, 1.82) is 0 Å². The molecule has 3 aromatic rings. The average Bonchev–Trinajstić information content (AvgIpc) is 2.81. The summed E-state index contributed by atoms with van der Waals surface area (Å²) in [4.78, 5) is 12.3. The van der Waals surface area contributed by atoms with Gasteiger partial charge < -0.3 is 18.9 Å². The molecule has 1 aliphatic rings. The summed E-state index contributed by atoms with van der Waals surface area (Å²) in [6.07, 6.45) is 0.0816. The Morgan fingerprint density at radius 3 is 2.65 bits per heavy atom. The van der Waals surface area contributed by atoms with Crippen LogP contribution in [0.25, 0.3) is 0 Å². The summed E-state index contributed by atoms with van der Waals surface area (Å²) < 4.78 is 36.5. The lowest BCUT2D eigenvalue weighted by Gasteiger charge is -2.28. The number of halogens is 1. The zero-order valence-electron chi connectivity index (χ0n) is 17.2. The highest BCUT2D eigenvalue weighted by Crippen LogP contribution is 2.36. The van der Waals surface area contributed by atoms with Gasteiger partial charge in [-0.05, 0) is 30.2 Å². The van der Waals surface area contributed by atoms with Crippen molar-refractivity contribution in [3.63, 3.8) is 0 Å². The molecule has 160 valence electrons. The second-order valence-electron chi connectivity index (χ2n) is 7.20. The molecule has 0 bridgehead atoms. The van der Waals surface area contributed by atoms with Crippen molar-refractivity contribution in [1.82, 2.24) is 0 Å². The quantitative estimate of drug-likeness (QED) is 0.495. The lowest BCUT2D eigenvalue weighted by molar-refractivity contribution is -0.145. The Bertz CT molecular complexity index is 1050. The molecule has 1 atom stereocenters. The van der Waals surface area contributed by atoms with Crippen LogP contribution >= 0.6 is 0 Å². The molecule has 1 heterocycles. The topological polar surface area (TPSA) is 54.0 Å². The van der Waals surface area contributed by atoms with Crippen LogP contribution in [0.15, 0.2) is 66.7 Å². The van der Waals surface area contributed by atoms with Gasteiger partial charge in [-0.25, -0.2) is 4.39 Å². The summed E-state index contributed by atoms with van der Waals surface area (Å²) >= 11 is 0. The molecule has 3 aromatic carbocycles. The van der Waals surface area contributed by atoms with Gasteiger partial charge in [0.15, 0.2) is 0 Å². The number of rotatable bonds is 7. The molecule has 6 heteroatoms. The third kappa shape index (κ3) is 5.03. The molecule has 0 aliphatic carbocycles. The number of fused-ring (bicyclic) bond motifs is 1. The van der Waals surface area contributed by atoms with Crippen molar-refractivity contribution >= 4 is 5.97 Å². The van der Waals surface area contributed by atoms with Gasteiger partial charge in [-0.2, -0.15) is 0 Å². The molecular weight excluding hydrogens is 399 g/mol. The number of aryl methyl sites for hydroxylation is 1. The highest BCUT2D eigenvalue weighted by molar-refractivity contribution is 5.70. The molecule has 0 saturated heterocycles. The first-order valence-electron chi connectivity index (χ1n) is 10.1. The Kier molecular flexibility index (Phi) is 6.48. The molecule has 0 fully saturated rings. The summed E-state index contributed by atoms with van der Waals surface area (Å²) in [6, 6.07) is 19.7. The Labute approximate surface area is 180 Å². The van der Waals surface area contributed by atoms with E-state index in [1.54, 1.807) is 7.11 Å². The van der Waals surface area contributed by atoms with E-state index >= 15 is 0 Å². The summed E-state index contributed by atoms with van der Waals surface area (Å²) in [5, 5.41) is 0. The van der Waals surface area contributed by atoms with Crippen LogP contribution in [0.2, 0.25) is 0 Å². The van der Waals surface area contributed by atoms with Gasteiger partial charge in [0.05, 0.1) is 13.7 Å². The first-order chi connectivity index (χ1) is 15.1. The number of carbonyl (C=O) groups is 1. The van der Waals surface area contributed by atoms with E-state index in [4.69, 9.17) is 18.9 Å². The third-order valence-corrected chi connectivity index (χ3v) is 5.07. The fraction of sp³-hybridized carbons (Fsp3) is 0.240. The van der Waals surface area contributed by atoms with Crippen molar-refractivity contribution in [2.75, 3.05) is 7.11 Å². The normalized spacial score (nSPS) is 15.0. The van der Waals surface area contributed by atoms with E-state index in [0.29, 0.717) is 23.3 Å². The maximum atomic E-state index is 14.1. The molecular formula is C25H23FO5. The number of para-hydroxylation sites is 1. The van der Waals surface area contributed by atoms with E-state index in [1.807, 2.05) is 54.6 Å². The van der Waals surface area contributed by atoms with E-state index < -0.39 is 12.1 Å². The Morgan fingerprint density at radius 1 is 1.06 bits per heavy atom. The lowest BCUT2D eigenvalue weighted by Crippen LogP contribution is -2.20. The summed E-state index contributed by atoms with van der Waals surface area (Å²) in [5.41, 5.74) is 2.85. The Balaban J connectivity index is 1.42. The second kappa shape index (κ2) is 9.62. The Hall–Kier alpha value is -3.38. The van der Waals surface area contributed by atoms with Crippen LogP contribution in [0.4, 0.5) is 4.39 Å². The zero-order chi connectivity index (χ0) is 21.6. The van der Waals surface area contributed by atoms with Gasteiger partial charge in [-0.1, -0.05) is 48.5 Å². The van der Waals surface area contributed by atoms with E-state index in [1.165, 1.54) is 12.1 Å². The van der Waals surface area contributed by atoms with Gasteiger partial charge in [0.25, 0.3) is 0 Å². The number of hydrogen-bond acceptors (Lipinski definition) is 5. The number of esters is 1. The third-order valence-electron chi connectivity index (χ3n) is 5.07. The van der Waals surface area contributed by atoms with Crippen molar-refractivity contribution in [2.45, 2.75) is 32.3 Å². The van der Waals surface area contributed by atoms with Gasteiger partial charge in [0, 0.05) is 23.1 Å². The van der Waals surface area contributed by atoms with E-state index in [2.05, 4.69) is 0 Å². The van der Waals surface area contributed by atoms with Crippen LogP contribution < -0.4 is 9.47 Å². The van der Waals surface area contributed by atoms with Crippen molar-refractivity contribution in [3.8, 4) is 11.5 Å². The molecule has 1 aliphatic heterocycles. The van der Waals surface area contributed by atoms with E-state index in [-0.39, 0.29) is 25.6 Å². The maximum absolute atomic E-state index is 14.1. The minimum absolute atomic E-state index is 0.0770. The number of carbonyl (C=O) groups excluding carboxylic acids is 1. The maximum Gasteiger partial charge on any atom is 0.306 e. The van der Waals surface area contributed by atoms with Crippen molar-refractivity contribution in [3.05, 3.63) is 94.8 Å². The largest absolute Gasteiger partial charge is 0.496 e. The fourth-order valence-corrected chi connectivity index (χ4v) is 3.54.